The average molecular weight is 293 g/mol. The van der Waals surface area contributed by atoms with Crippen LogP contribution < -0.4 is 10.1 Å². The van der Waals surface area contributed by atoms with E-state index in [1.54, 1.807) is 0 Å². The molecule has 0 bridgehead atoms. The van der Waals surface area contributed by atoms with Gasteiger partial charge in [-0.3, -0.25) is 4.79 Å². The molecule has 0 heterocycles. The Labute approximate surface area is 131 Å². The van der Waals surface area contributed by atoms with Crippen LogP contribution in [0.15, 0.2) is 48.5 Å². The highest BCUT2D eigenvalue weighted by Crippen LogP contribution is 2.16. The van der Waals surface area contributed by atoms with E-state index in [2.05, 4.69) is 17.2 Å². The monoisotopic (exact) mass is 293 g/mol. The number of benzene rings is 2. The summed E-state index contributed by atoms with van der Waals surface area (Å²) in [5, 5.41) is 2.71. The van der Waals surface area contributed by atoms with Crippen molar-refractivity contribution in [3.63, 3.8) is 0 Å². The van der Waals surface area contributed by atoms with Crippen LogP contribution in [0.2, 0.25) is 0 Å². The van der Waals surface area contributed by atoms with E-state index in [-0.39, 0.29) is 12.5 Å². The molecule has 0 aliphatic rings. The molecule has 2 aromatic rings. The molecule has 0 radical (unpaired) electrons. The van der Waals surface area contributed by atoms with Crippen molar-refractivity contribution in [1.82, 2.24) is 5.32 Å². The summed E-state index contributed by atoms with van der Waals surface area (Å²) in [6, 6.07) is 15.4. The van der Waals surface area contributed by atoms with Gasteiger partial charge in [-0.2, -0.15) is 0 Å². The van der Waals surface area contributed by atoms with Crippen LogP contribution in [-0.4, -0.2) is 19.1 Å². The summed E-state index contributed by atoms with van der Waals surface area (Å²) in [5.41, 5.74) is 3.28. The average Bonchev–Trinajstić information content (AvgIpc) is 2.54. The lowest BCUT2D eigenvalue weighted by molar-refractivity contribution is -0.122. The Morgan fingerprint density at radius 3 is 2.59 bits per heavy atom. The van der Waals surface area contributed by atoms with Crippen LogP contribution in [0.1, 0.15) is 16.7 Å². The highest BCUT2D eigenvalue weighted by Gasteiger charge is 2.02. The molecule has 0 aliphatic carbocycles. The fourth-order valence-corrected chi connectivity index (χ4v) is 1.81. The molecule has 3 heteroatoms. The second-order valence-electron chi connectivity index (χ2n) is 4.98. The zero-order valence-electron chi connectivity index (χ0n) is 12.8. The number of hydrogen-bond acceptors (Lipinski definition) is 2. The molecule has 0 aliphatic heterocycles. The third-order valence-corrected chi connectivity index (χ3v) is 3.23. The molecule has 22 heavy (non-hydrogen) atoms. The molecular formula is C19H19NO2. The van der Waals surface area contributed by atoms with Crippen LogP contribution >= 0.6 is 0 Å². The van der Waals surface area contributed by atoms with Gasteiger partial charge >= 0.3 is 0 Å². The minimum atomic E-state index is -0.180. The lowest BCUT2D eigenvalue weighted by Gasteiger charge is -2.07. The second kappa shape index (κ2) is 7.90. The van der Waals surface area contributed by atoms with E-state index in [1.807, 2.05) is 62.4 Å². The van der Waals surface area contributed by atoms with Gasteiger partial charge in [0.25, 0.3) is 5.91 Å². The van der Waals surface area contributed by atoms with Crippen molar-refractivity contribution < 1.29 is 9.53 Å². The molecule has 2 aromatic carbocycles. The number of carbonyl (C=O) groups excluding carboxylic acids is 1. The summed E-state index contributed by atoms with van der Waals surface area (Å²) >= 11 is 0. The molecule has 2 rings (SSSR count). The lowest BCUT2D eigenvalue weighted by atomic mass is 10.1. The summed E-state index contributed by atoms with van der Waals surface area (Å²) < 4.78 is 5.46. The number of carbonyl (C=O) groups is 1. The molecule has 0 spiro atoms. The van der Waals surface area contributed by atoms with E-state index < -0.39 is 0 Å². The van der Waals surface area contributed by atoms with Gasteiger partial charge in [0.2, 0.25) is 0 Å². The third kappa shape index (κ3) is 4.99. The first kappa shape index (κ1) is 15.7. The molecule has 3 nitrogen and oxygen atoms in total. The smallest absolute Gasteiger partial charge is 0.258 e. The second-order valence-corrected chi connectivity index (χ2v) is 4.98. The maximum Gasteiger partial charge on any atom is 0.258 e. The first-order valence-electron chi connectivity index (χ1n) is 7.16. The van der Waals surface area contributed by atoms with E-state index >= 15 is 0 Å². The highest BCUT2D eigenvalue weighted by molar-refractivity contribution is 5.77. The van der Waals surface area contributed by atoms with Crippen LogP contribution in [0.4, 0.5) is 0 Å². The molecule has 0 atom stereocenters. The van der Waals surface area contributed by atoms with Gasteiger partial charge in [0.05, 0.1) is 6.54 Å². The number of amides is 1. The molecule has 0 unspecified atom stereocenters. The summed E-state index contributed by atoms with van der Waals surface area (Å²) in [7, 11) is 0. The van der Waals surface area contributed by atoms with Crippen LogP contribution in [-0.2, 0) is 4.79 Å². The fraction of sp³-hybridized carbons (Fsp3) is 0.211. The van der Waals surface area contributed by atoms with Gasteiger partial charge < -0.3 is 10.1 Å². The predicted molar refractivity (Wildman–Crippen MR) is 87.7 cm³/mol. The third-order valence-electron chi connectivity index (χ3n) is 3.23. The van der Waals surface area contributed by atoms with E-state index in [4.69, 9.17) is 4.74 Å². The quantitative estimate of drug-likeness (QED) is 0.880. The molecule has 112 valence electrons. The Kier molecular flexibility index (Phi) is 5.62. The van der Waals surface area contributed by atoms with Gasteiger partial charge in [0.1, 0.15) is 5.75 Å². The number of ether oxygens (including phenoxy) is 1. The van der Waals surface area contributed by atoms with Crippen molar-refractivity contribution in [2.24, 2.45) is 0 Å². The van der Waals surface area contributed by atoms with Gasteiger partial charge in [-0.05, 0) is 49.2 Å². The van der Waals surface area contributed by atoms with E-state index in [9.17, 15) is 4.79 Å². The molecule has 0 aromatic heterocycles. The van der Waals surface area contributed by atoms with Crippen LogP contribution in [0, 0.1) is 25.7 Å². The van der Waals surface area contributed by atoms with E-state index in [0.29, 0.717) is 12.3 Å². The summed E-state index contributed by atoms with van der Waals surface area (Å²) in [6.07, 6.45) is 0. The van der Waals surface area contributed by atoms with E-state index in [1.165, 1.54) is 5.56 Å². The molecule has 1 N–H and O–H groups in total. The number of hydrogen-bond donors (Lipinski definition) is 1. The van der Waals surface area contributed by atoms with Crippen LogP contribution in [0.5, 0.6) is 5.75 Å². The molecule has 0 saturated carbocycles. The fourth-order valence-electron chi connectivity index (χ4n) is 1.81. The van der Waals surface area contributed by atoms with Gasteiger partial charge in [0, 0.05) is 5.56 Å². The van der Waals surface area contributed by atoms with Gasteiger partial charge in [-0.1, -0.05) is 36.1 Å². The minimum Gasteiger partial charge on any atom is -0.484 e. The summed E-state index contributed by atoms with van der Waals surface area (Å²) in [4.78, 5) is 11.7. The predicted octanol–water partition coefficient (Wildman–Crippen LogP) is 2.85. The van der Waals surface area contributed by atoms with Crippen molar-refractivity contribution in [3.8, 4) is 17.6 Å². The zero-order chi connectivity index (χ0) is 15.8. The number of nitrogens with one attached hydrogen (secondary N) is 1. The maximum absolute atomic E-state index is 11.7. The largest absolute Gasteiger partial charge is 0.484 e. The Morgan fingerprint density at radius 1 is 1.09 bits per heavy atom. The van der Waals surface area contributed by atoms with Crippen molar-refractivity contribution in [1.29, 1.82) is 0 Å². The summed E-state index contributed by atoms with van der Waals surface area (Å²) in [6.45, 7) is 4.36. The molecule has 0 fully saturated rings. The van der Waals surface area contributed by atoms with Crippen LogP contribution in [0.3, 0.4) is 0 Å². The Hall–Kier alpha value is -2.73. The van der Waals surface area contributed by atoms with Gasteiger partial charge in [-0.15, -0.1) is 0 Å². The minimum absolute atomic E-state index is 0.00445. The number of aryl methyl sites for hydroxylation is 2. The Bertz CT molecular complexity index is 696. The van der Waals surface area contributed by atoms with Crippen molar-refractivity contribution in [3.05, 3.63) is 65.2 Å². The SMILES string of the molecule is Cc1ccc(OCC(=O)NCC#Cc2ccccc2)cc1C. The van der Waals surface area contributed by atoms with Crippen molar-refractivity contribution in [2.75, 3.05) is 13.2 Å². The highest BCUT2D eigenvalue weighted by atomic mass is 16.5. The standard InChI is InChI=1S/C19H19NO2/c1-15-10-11-18(13-16(15)2)22-14-19(21)20-12-6-9-17-7-4-3-5-8-17/h3-5,7-8,10-11,13H,12,14H2,1-2H3,(H,20,21). The zero-order valence-corrected chi connectivity index (χ0v) is 12.8. The van der Waals surface area contributed by atoms with Crippen LogP contribution in [0.25, 0.3) is 0 Å². The Balaban J connectivity index is 1.74. The van der Waals surface area contributed by atoms with Gasteiger partial charge in [-0.25, -0.2) is 0 Å². The first-order chi connectivity index (χ1) is 10.6. The molecule has 0 saturated heterocycles. The molecule has 1 amide bonds. The topological polar surface area (TPSA) is 38.3 Å². The maximum atomic E-state index is 11.7. The normalized spacial score (nSPS) is 9.55. The first-order valence-corrected chi connectivity index (χ1v) is 7.16. The van der Waals surface area contributed by atoms with Crippen molar-refractivity contribution >= 4 is 5.91 Å². The number of rotatable bonds is 4. The lowest BCUT2D eigenvalue weighted by Crippen LogP contribution is -2.29. The summed E-state index contributed by atoms with van der Waals surface area (Å²) in [5.74, 6) is 6.41. The van der Waals surface area contributed by atoms with E-state index in [0.717, 1.165) is 11.1 Å². The van der Waals surface area contributed by atoms with Gasteiger partial charge in [0.15, 0.2) is 6.61 Å². The van der Waals surface area contributed by atoms with Crippen molar-refractivity contribution in [2.45, 2.75) is 13.8 Å². The molecular weight excluding hydrogens is 274 g/mol. The Morgan fingerprint density at radius 2 is 1.86 bits per heavy atom.